The molecule has 86 valence electrons. The van der Waals surface area contributed by atoms with Gasteiger partial charge in [-0.3, -0.25) is 19.7 Å². The molecule has 0 heterocycles. The van der Waals surface area contributed by atoms with E-state index >= 15 is 0 Å². The van der Waals surface area contributed by atoms with Crippen LogP contribution in [0.4, 0.5) is 0 Å². The van der Waals surface area contributed by atoms with E-state index in [2.05, 4.69) is 30.6 Å². The summed E-state index contributed by atoms with van der Waals surface area (Å²) >= 11 is 7.62. The summed E-state index contributed by atoms with van der Waals surface area (Å²) in [6.07, 6.45) is 0.0840. The zero-order valence-electron chi connectivity index (χ0n) is 8.69. The Bertz CT molecular complexity index is 268. The van der Waals surface area contributed by atoms with Gasteiger partial charge in [0, 0.05) is 12.2 Å². The zero-order chi connectivity index (χ0) is 12.0. The first-order valence-corrected chi connectivity index (χ1v) is 5.56. The van der Waals surface area contributed by atoms with Gasteiger partial charge < -0.3 is 0 Å². The van der Waals surface area contributed by atoms with E-state index in [0.717, 1.165) is 0 Å². The Morgan fingerprint density at radius 1 is 1.20 bits per heavy atom. The van der Waals surface area contributed by atoms with Crippen molar-refractivity contribution in [3.8, 4) is 0 Å². The lowest BCUT2D eigenvalue weighted by Crippen LogP contribution is -2.47. The van der Waals surface area contributed by atoms with Crippen molar-refractivity contribution in [2.75, 3.05) is 5.75 Å². The smallest absolute Gasteiger partial charge is 0.203 e. The molecule has 0 aromatic heterocycles. The molecule has 0 aliphatic carbocycles. The second-order valence-electron chi connectivity index (χ2n) is 3.31. The molecule has 0 aliphatic rings. The van der Waals surface area contributed by atoms with E-state index in [0.29, 0.717) is 0 Å². The average Bonchev–Trinajstić information content (AvgIpc) is 2.10. The number of ketones is 2. The van der Waals surface area contributed by atoms with E-state index in [1.807, 2.05) is 0 Å². The number of carbonyl (C=O) groups is 3. The summed E-state index contributed by atoms with van der Waals surface area (Å²) in [5.74, 6) is -0.0388. The third-order valence-electron chi connectivity index (χ3n) is 1.87. The van der Waals surface area contributed by atoms with Gasteiger partial charge in [-0.25, -0.2) is 0 Å². The lowest BCUT2D eigenvalue weighted by molar-refractivity contribution is -0.124. The Kier molecular flexibility index (Phi) is 6.87. The Balaban J connectivity index is 4.45. The molecule has 0 bridgehead atoms. The molecule has 0 amide bonds. The minimum atomic E-state index is -0.629. The molecule has 4 nitrogen and oxygen atoms in total. The van der Waals surface area contributed by atoms with Crippen LogP contribution in [0.25, 0.3) is 0 Å². The number of Topliss-reactive ketones (excluding diaryl/α,β-unsaturated/α-hetero) is 2. The molecule has 0 rings (SSSR count). The van der Waals surface area contributed by atoms with Gasteiger partial charge in [0.25, 0.3) is 0 Å². The van der Waals surface area contributed by atoms with Crippen molar-refractivity contribution >= 4 is 41.9 Å². The van der Waals surface area contributed by atoms with Crippen molar-refractivity contribution in [3.63, 3.8) is 0 Å². The molecule has 2 atom stereocenters. The molecule has 0 fully saturated rings. The largest absolute Gasteiger partial charge is 0.300 e. The van der Waals surface area contributed by atoms with Crippen LogP contribution in [0.3, 0.4) is 0 Å². The molecule has 0 aromatic carbocycles. The lowest BCUT2D eigenvalue weighted by atomic mass is 10.1. The van der Waals surface area contributed by atoms with Crippen LogP contribution in [0, 0.1) is 0 Å². The van der Waals surface area contributed by atoms with Crippen LogP contribution in [-0.2, 0) is 14.4 Å². The molecule has 15 heavy (non-hydrogen) atoms. The molecule has 1 N–H and O–H groups in total. The predicted molar refractivity (Wildman–Crippen MR) is 64.5 cm³/mol. The second kappa shape index (κ2) is 7.03. The highest BCUT2D eigenvalue weighted by molar-refractivity contribution is 7.96. The van der Waals surface area contributed by atoms with Crippen LogP contribution in [0.15, 0.2) is 0 Å². The molecule has 0 spiro atoms. The summed E-state index contributed by atoms with van der Waals surface area (Å²) in [7, 11) is 0. The highest BCUT2D eigenvalue weighted by atomic mass is 32.1. The normalized spacial score (nSPS) is 14.4. The fourth-order valence-corrected chi connectivity index (χ4v) is 1.63. The van der Waals surface area contributed by atoms with Crippen LogP contribution >= 0.6 is 25.3 Å². The maximum absolute atomic E-state index is 11.2. The minimum Gasteiger partial charge on any atom is -0.300 e. The fourth-order valence-electron chi connectivity index (χ4n) is 1.05. The minimum absolute atomic E-state index is 0.0840. The first kappa shape index (κ1) is 14.7. The van der Waals surface area contributed by atoms with Gasteiger partial charge in [0.2, 0.25) is 5.12 Å². The average molecular weight is 249 g/mol. The van der Waals surface area contributed by atoms with Gasteiger partial charge in [-0.2, -0.15) is 12.6 Å². The summed E-state index contributed by atoms with van der Waals surface area (Å²) in [6, 6.07) is -1.24. The third kappa shape index (κ3) is 5.96. The SMILES string of the molecule is CC(=O)CC(N[C@@H](CS)C(=O)S)C(C)=O. The van der Waals surface area contributed by atoms with Crippen LogP contribution < -0.4 is 5.32 Å². The molecular formula is C9H15NO3S2. The van der Waals surface area contributed by atoms with Crippen molar-refractivity contribution in [1.29, 1.82) is 0 Å². The molecular weight excluding hydrogens is 234 g/mol. The quantitative estimate of drug-likeness (QED) is 0.567. The first-order chi connectivity index (χ1) is 6.88. The van der Waals surface area contributed by atoms with Gasteiger partial charge in [-0.15, -0.1) is 12.6 Å². The van der Waals surface area contributed by atoms with Crippen LogP contribution in [0.1, 0.15) is 20.3 Å². The Labute approximate surface area is 100 Å². The number of hydrogen-bond donors (Lipinski definition) is 3. The number of hydrogen-bond acceptors (Lipinski definition) is 5. The van der Waals surface area contributed by atoms with Crippen molar-refractivity contribution in [3.05, 3.63) is 0 Å². The Morgan fingerprint density at radius 2 is 1.73 bits per heavy atom. The summed E-state index contributed by atoms with van der Waals surface area (Å²) < 4.78 is 0. The number of rotatable bonds is 7. The molecule has 1 unspecified atom stereocenters. The summed E-state index contributed by atoms with van der Waals surface area (Å²) in [6.45, 7) is 2.77. The van der Waals surface area contributed by atoms with Crippen molar-refractivity contribution in [2.45, 2.75) is 32.4 Å². The van der Waals surface area contributed by atoms with Gasteiger partial charge in [-0.05, 0) is 13.8 Å². The molecule has 0 saturated carbocycles. The Morgan fingerprint density at radius 3 is 2.00 bits per heavy atom. The number of carbonyl (C=O) groups excluding carboxylic acids is 3. The van der Waals surface area contributed by atoms with Crippen molar-refractivity contribution in [2.24, 2.45) is 0 Å². The molecule has 6 heteroatoms. The highest BCUT2D eigenvalue weighted by Gasteiger charge is 2.22. The van der Waals surface area contributed by atoms with E-state index in [-0.39, 0.29) is 28.9 Å². The molecule has 0 radical (unpaired) electrons. The predicted octanol–water partition coefficient (Wildman–Crippen LogP) is 0.268. The topological polar surface area (TPSA) is 63.2 Å². The Hall–Kier alpha value is -0.330. The number of nitrogens with one attached hydrogen (secondary N) is 1. The second-order valence-corrected chi connectivity index (χ2v) is 4.12. The van der Waals surface area contributed by atoms with Crippen molar-refractivity contribution in [1.82, 2.24) is 5.32 Å². The lowest BCUT2D eigenvalue weighted by Gasteiger charge is -2.19. The van der Waals surface area contributed by atoms with E-state index in [4.69, 9.17) is 0 Å². The van der Waals surface area contributed by atoms with E-state index in [1.54, 1.807) is 0 Å². The van der Waals surface area contributed by atoms with Gasteiger partial charge in [0.15, 0.2) is 0 Å². The van der Waals surface area contributed by atoms with Crippen molar-refractivity contribution < 1.29 is 14.4 Å². The summed E-state index contributed by atoms with van der Waals surface area (Å²) in [4.78, 5) is 33.0. The zero-order valence-corrected chi connectivity index (χ0v) is 10.5. The van der Waals surface area contributed by atoms with E-state index < -0.39 is 12.1 Å². The molecule has 0 aliphatic heterocycles. The maximum Gasteiger partial charge on any atom is 0.203 e. The van der Waals surface area contributed by atoms with Crippen LogP contribution in [0.2, 0.25) is 0 Å². The van der Waals surface area contributed by atoms with Gasteiger partial charge in [0.1, 0.15) is 11.6 Å². The van der Waals surface area contributed by atoms with Crippen LogP contribution in [0.5, 0.6) is 0 Å². The molecule has 0 saturated heterocycles. The third-order valence-corrected chi connectivity index (χ3v) is 2.54. The van der Waals surface area contributed by atoms with Crippen LogP contribution in [-0.4, -0.2) is 34.5 Å². The van der Waals surface area contributed by atoms with E-state index in [1.165, 1.54) is 13.8 Å². The summed E-state index contributed by atoms with van der Waals surface area (Å²) in [5, 5.41) is 2.37. The highest BCUT2D eigenvalue weighted by Crippen LogP contribution is 2.01. The standard InChI is InChI=1S/C9H15NO3S2/c1-5(11)3-7(6(2)12)10-8(4-14)9(13)15/h7-8,10,14H,3-4H2,1-2H3,(H,13,15)/t7?,8-/m0/s1. The van der Waals surface area contributed by atoms with Gasteiger partial charge >= 0.3 is 0 Å². The first-order valence-electron chi connectivity index (χ1n) is 4.48. The summed E-state index contributed by atoms with van der Waals surface area (Å²) in [5.41, 5.74) is 0. The fraction of sp³-hybridized carbons (Fsp3) is 0.667. The van der Waals surface area contributed by atoms with Gasteiger partial charge in [-0.1, -0.05) is 0 Å². The maximum atomic E-state index is 11.2. The van der Waals surface area contributed by atoms with Gasteiger partial charge in [0.05, 0.1) is 12.1 Å². The number of thiol groups is 2. The monoisotopic (exact) mass is 249 g/mol. The van der Waals surface area contributed by atoms with E-state index in [9.17, 15) is 14.4 Å². The molecule has 0 aromatic rings.